The molecule has 0 radical (unpaired) electrons. The van der Waals surface area contributed by atoms with Crippen LogP contribution in [0.1, 0.15) is 26.3 Å². The summed E-state index contributed by atoms with van der Waals surface area (Å²) in [6, 6.07) is 7.77. The monoisotopic (exact) mass is 323 g/mol. The summed E-state index contributed by atoms with van der Waals surface area (Å²) < 4.78 is 12.0. The number of anilines is 2. The van der Waals surface area contributed by atoms with Crippen LogP contribution in [0, 0.1) is 0 Å². The second-order valence-corrected chi connectivity index (χ2v) is 8.26. The number of hydrogen-bond donors (Lipinski definition) is 1. The number of rotatable bonds is 4. The maximum Gasteiger partial charge on any atom is 0.152 e. The van der Waals surface area contributed by atoms with Gasteiger partial charge in [0.25, 0.3) is 0 Å². The number of nitrogens with one attached hydrogen (secondary N) is 1. The molecule has 0 aliphatic heterocycles. The maximum absolute atomic E-state index is 12.2. The van der Waals surface area contributed by atoms with Gasteiger partial charge in [-0.05, 0) is 38.5 Å². The SMILES string of the molecule is CC(C)(C)S(=O)Cc1cccc(Nc2ncncc2Cl)c1. The van der Waals surface area contributed by atoms with Gasteiger partial charge in [-0.15, -0.1) is 0 Å². The lowest BCUT2D eigenvalue weighted by Crippen LogP contribution is -2.22. The first kappa shape index (κ1) is 15.9. The summed E-state index contributed by atoms with van der Waals surface area (Å²) in [5.41, 5.74) is 1.87. The molecule has 1 heterocycles. The number of hydrogen-bond acceptors (Lipinski definition) is 4. The number of aromatic nitrogens is 2. The topological polar surface area (TPSA) is 54.9 Å². The molecule has 112 valence electrons. The second kappa shape index (κ2) is 6.54. The fourth-order valence-electron chi connectivity index (χ4n) is 1.65. The van der Waals surface area contributed by atoms with Gasteiger partial charge in [0.2, 0.25) is 0 Å². The summed E-state index contributed by atoms with van der Waals surface area (Å²) in [6.45, 7) is 5.93. The summed E-state index contributed by atoms with van der Waals surface area (Å²) in [6.07, 6.45) is 2.97. The van der Waals surface area contributed by atoms with Crippen LogP contribution < -0.4 is 5.32 Å². The van der Waals surface area contributed by atoms with Crippen LogP contribution in [0.3, 0.4) is 0 Å². The van der Waals surface area contributed by atoms with E-state index >= 15 is 0 Å². The number of halogens is 1. The first-order valence-electron chi connectivity index (χ1n) is 6.56. The molecule has 4 nitrogen and oxygen atoms in total. The van der Waals surface area contributed by atoms with Gasteiger partial charge in [-0.2, -0.15) is 0 Å². The van der Waals surface area contributed by atoms with Crippen molar-refractivity contribution in [1.29, 1.82) is 0 Å². The van der Waals surface area contributed by atoms with Gasteiger partial charge < -0.3 is 5.32 Å². The normalized spacial score (nSPS) is 13.0. The summed E-state index contributed by atoms with van der Waals surface area (Å²) >= 11 is 6.02. The third-order valence-electron chi connectivity index (χ3n) is 2.84. The van der Waals surface area contributed by atoms with Crippen LogP contribution >= 0.6 is 11.6 Å². The van der Waals surface area contributed by atoms with E-state index in [0.29, 0.717) is 16.6 Å². The molecule has 0 saturated heterocycles. The minimum Gasteiger partial charge on any atom is -0.339 e. The van der Waals surface area contributed by atoms with Gasteiger partial charge in [0, 0.05) is 27.0 Å². The fraction of sp³-hybridized carbons (Fsp3) is 0.333. The third kappa shape index (κ3) is 4.51. The zero-order valence-corrected chi connectivity index (χ0v) is 13.8. The van der Waals surface area contributed by atoms with Crippen molar-refractivity contribution in [2.24, 2.45) is 0 Å². The predicted molar refractivity (Wildman–Crippen MR) is 88.4 cm³/mol. The lowest BCUT2D eigenvalue weighted by molar-refractivity contribution is 0.648. The molecule has 0 spiro atoms. The standard InChI is InChI=1S/C15H18ClN3OS/c1-15(2,3)21(20)9-11-5-4-6-12(7-11)19-14-13(16)8-17-10-18-14/h4-8,10H,9H2,1-3H3,(H,17,18,19). The van der Waals surface area contributed by atoms with Crippen LogP contribution in [0.5, 0.6) is 0 Å². The van der Waals surface area contributed by atoms with Gasteiger partial charge in [-0.3, -0.25) is 4.21 Å². The van der Waals surface area contributed by atoms with Crippen molar-refractivity contribution in [3.63, 3.8) is 0 Å². The van der Waals surface area contributed by atoms with E-state index in [9.17, 15) is 4.21 Å². The van der Waals surface area contributed by atoms with Gasteiger partial charge in [0.1, 0.15) is 11.3 Å². The zero-order chi connectivity index (χ0) is 15.5. The van der Waals surface area contributed by atoms with Crippen LogP contribution in [0.15, 0.2) is 36.8 Å². The molecular weight excluding hydrogens is 306 g/mol. The highest BCUT2D eigenvalue weighted by Crippen LogP contribution is 2.23. The van der Waals surface area contributed by atoms with E-state index in [1.807, 2.05) is 45.0 Å². The van der Waals surface area contributed by atoms with E-state index in [1.54, 1.807) is 0 Å². The van der Waals surface area contributed by atoms with Crippen molar-refractivity contribution in [1.82, 2.24) is 9.97 Å². The van der Waals surface area contributed by atoms with Crippen molar-refractivity contribution in [2.75, 3.05) is 5.32 Å². The van der Waals surface area contributed by atoms with E-state index in [2.05, 4.69) is 15.3 Å². The Morgan fingerprint density at radius 1 is 1.33 bits per heavy atom. The smallest absolute Gasteiger partial charge is 0.152 e. The molecule has 21 heavy (non-hydrogen) atoms. The van der Waals surface area contributed by atoms with E-state index in [0.717, 1.165) is 11.3 Å². The van der Waals surface area contributed by atoms with E-state index in [1.165, 1.54) is 12.5 Å². The fourth-order valence-corrected chi connectivity index (χ4v) is 2.72. The Bertz CT molecular complexity index is 655. The molecule has 1 unspecified atom stereocenters. The van der Waals surface area contributed by atoms with Crippen molar-refractivity contribution < 1.29 is 4.21 Å². The molecule has 0 fully saturated rings. The average molecular weight is 324 g/mol. The van der Waals surface area contributed by atoms with Crippen LogP contribution in [0.4, 0.5) is 11.5 Å². The van der Waals surface area contributed by atoms with Crippen LogP contribution in [0.2, 0.25) is 5.02 Å². The highest BCUT2D eigenvalue weighted by Gasteiger charge is 2.19. The number of benzene rings is 1. The average Bonchev–Trinajstić information content (AvgIpc) is 2.41. The first-order valence-corrected chi connectivity index (χ1v) is 8.26. The molecule has 0 saturated carbocycles. The Hall–Kier alpha value is -1.46. The Balaban J connectivity index is 2.15. The molecule has 6 heteroatoms. The van der Waals surface area contributed by atoms with Crippen molar-refractivity contribution in [2.45, 2.75) is 31.3 Å². The Morgan fingerprint density at radius 2 is 2.10 bits per heavy atom. The Morgan fingerprint density at radius 3 is 2.76 bits per heavy atom. The first-order chi connectivity index (χ1) is 9.86. The van der Waals surface area contributed by atoms with Gasteiger partial charge in [-0.1, -0.05) is 23.7 Å². The van der Waals surface area contributed by atoms with Crippen LogP contribution in [0.25, 0.3) is 0 Å². The highest BCUT2D eigenvalue weighted by atomic mass is 35.5. The lowest BCUT2D eigenvalue weighted by atomic mass is 10.2. The molecule has 1 aromatic heterocycles. The van der Waals surface area contributed by atoms with Crippen molar-refractivity contribution in [3.8, 4) is 0 Å². The molecule has 2 aromatic rings. The lowest BCUT2D eigenvalue weighted by Gasteiger charge is -2.18. The van der Waals surface area contributed by atoms with E-state index in [-0.39, 0.29) is 4.75 Å². The molecule has 0 aliphatic carbocycles. The summed E-state index contributed by atoms with van der Waals surface area (Å²) in [5, 5.41) is 3.60. The molecule has 1 N–H and O–H groups in total. The Kier molecular flexibility index (Phi) is 4.96. The molecule has 1 aromatic carbocycles. The minimum atomic E-state index is -0.927. The third-order valence-corrected chi connectivity index (χ3v) is 5.08. The van der Waals surface area contributed by atoms with Gasteiger partial charge in [0.05, 0.1) is 6.20 Å². The number of nitrogens with zero attached hydrogens (tertiary/aromatic N) is 2. The second-order valence-electron chi connectivity index (χ2n) is 5.65. The summed E-state index contributed by atoms with van der Waals surface area (Å²) in [4.78, 5) is 7.94. The summed E-state index contributed by atoms with van der Waals surface area (Å²) in [5.74, 6) is 1.08. The van der Waals surface area contributed by atoms with Crippen molar-refractivity contribution >= 4 is 33.9 Å². The van der Waals surface area contributed by atoms with Crippen LogP contribution in [-0.4, -0.2) is 18.9 Å². The van der Waals surface area contributed by atoms with Crippen LogP contribution in [-0.2, 0) is 16.6 Å². The predicted octanol–water partition coefficient (Wildman–Crippen LogP) is 3.92. The minimum absolute atomic E-state index is 0.223. The molecule has 0 aliphatic rings. The highest BCUT2D eigenvalue weighted by molar-refractivity contribution is 7.85. The summed E-state index contributed by atoms with van der Waals surface area (Å²) in [7, 11) is -0.927. The van der Waals surface area contributed by atoms with Gasteiger partial charge >= 0.3 is 0 Å². The zero-order valence-electron chi connectivity index (χ0n) is 12.3. The molecule has 1 atom stereocenters. The van der Waals surface area contributed by atoms with Crippen molar-refractivity contribution in [3.05, 3.63) is 47.4 Å². The maximum atomic E-state index is 12.2. The molecular formula is C15H18ClN3OS. The van der Waals surface area contributed by atoms with E-state index < -0.39 is 10.8 Å². The molecule has 0 bridgehead atoms. The van der Waals surface area contributed by atoms with Gasteiger partial charge in [0.15, 0.2) is 5.82 Å². The molecule has 2 rings (SSSR count). The van der Waals surface area contributed by atoms with E-state index in [4.69, 9.17) is 11.6 Å². The largest absolute Gasteiger partial charge is 0.339 e. The Labute approximate surface area is 132 Å². The quantitative estimate of drug-likeness (QED) is 0.926. The van der Waals surface area contributed by atoms with Gasteiger partial charge in [-0.25, -0.2) is 9.97 Å². The molecule has 0 amide bonds.